The fourth-order valence-corrected chi connectivity index (χ4v) is 2.46. The molecule has 1 unspecified atom stereocenters. The number of rotatable bonds is 2. The first kappa shape index (κ1) is 11.4. The number of aliphatic hydroxyl groups excluding tert-OH is 1. The SMILES string of the molecule is O=C1O[C@H](/C=C/c2ccccc2)[C@@H]2CC(O)O[C@H]12. The van der Waals surface area contributed by atoms with Crippen LogP contribution in [-0.2, 0) is 14.3 Å². The van der Waals surface area contributed by atoms with Crippen LogP contribution in [0.2, 0.25) is 0 Å². The molecule has 1 aromatic rings. The van der Waals surface area contributed by atoms with Crippen LogP contribution in [-0.4, -0.2) is 29.6 Å². The van der Waals surface area contributed by atoms with Crippen molar-refractivity contribution in [2.45, 2.75) is 24.9 Å². The number of aliphatic hydroxyl groups is 1. The summed E-state index contributed by atoms with van der Waals surface area (Å²) in [5.41, 5.74) is 1.05. The molecule has 2 fully saturated rings. The Morgan fingerprint density at radius 1 is 1.28 bits per heavy atom. The van der Waals surface area contributed by atoms with Crippen LogP contribution >= 0.6 is 0 Å². The van der Waals surface area contributed by atoms with Gasteiger partial charge in [-0.15, -0.1) is 0 Å². The first-order valence-corrected chi connectivity index (χ1v) is 6.01. The molecule has 2 aliphatic heterocycles. The fourth-order valence-electron chi connectivity index (χ4n) is 2.46. The van der Waals surface area contributed by atoms with Gasteiger partial charge in [0.05, 0.1) is 0 Å². The molecule has 0 aliphatic carbocycles. The summed E-state index contributed by atoms with van der Waals surface area (Å²) < 4.78 is 10.4. The van der Waals surface area contributed by atoms with Crippen LogP contribution in [0, 0.1) is 5.92 Å². The van der Waals surface area contributed by atoms with Crippen molar-refractivity contribution in [1.29, 1.82) is 0 Å². The van der Waals surface area contributed by atoms with Crippen LogP contribution in [0.25, 0.3) is 6.08 Å². The summed E-state index contributed by atoms with van der Waals surface area (Å²) in [5.74, 6) is -0.452. The smallest absolute Gasteiger partial charge is 0.336 e. The topological polar surface area (TPSA) is 55.8 Å². The number of benzene rings is 1. The summed E-state index contributed by atoms with van der Waals surface area (Å²) in [5, 5.41) is 9.40. The van der Waals surface area contributed by atoms with E-state index in [1.165, 1.54) is 0 Å². The Labute approximate surface area is 105 Å². The highest BCUT2D eigenvalue weighted by molar-refractivity contribution is 5.78. The zero-order valence-corrected chi connectivity index (χ0v) is 9.73. The molecule has 4 atom stereocenters. The van der Waals surface area contributed by atoms with Crippen molar-refractivity contribution >= 4 is 12.0 Å². The second-order valence-electron chi connectivity index (χ2n) is 4.58. The first-order valence-electron chi connectivity index (χ1n) is 6.01. The molecule has 18 heavy (non-hydrogen) atoms. The summed E-state index contributed by atoms with van der Waals surface area (Å²) in [4.78, 5) is 11.5. The van der Waals surface area contributed by atoms with E-state index in [4.69, 9.17) is 9.47 Å². The molecule has 2 aliphatic rings. The lowest BCUT2D eigenvalue weighted by Gasteiger charge is -2.10. The zero-order valence-electron chi connectivity index (χ0n) is 9.73. The highest BCUT2D eigenvalue weighted by Gasteiger charge is 2.50. The maximum atomic E-state index is 11.5. The largest absolute Gasteiger partial charge is 0.456 e. The molecule has 0 radical (unpaired) electrons. The minimum atomic E-state index is -0.847. The van der Waals surface area contributed by atoms with E-state index >= 15 is 0 Å². The molecule has 1 aromatic carbocycles. The zero-order chi connectivity index (χ0) is 12.5. The van der Waals surface area contributed by atoms with Crippen molar-refractivity contribution in [3.63, 3.8) is 0 Å². The lowest BCUT2D eigenvalue weighted by Crippen LogP contribution is -2.20. The lowest BCUT2D eigenvalue weighted by atomic mass is 9.96. The molecule has 1 N–H and O–H groups in total. The van der Waals surface area contributed by atoms with Gasteiger partial charge in [0, 0.05) is 12.3 Å². The number of carbonyl (C=O) groups is 1. The molecule has 4 heteroatoms. The quantitative estimate of drug-likeness (QED) is 0.800. The van der Waals surface area contributed by atoms with Crippen molar-refractivity contribution in [2.24, 2.45) is 5.92 Å². The summed E-state index contributed by atoms with van der Waals surface area (Å²) in [6.45, 7) is 0. The van der Waals surface area contributed by atoms with Gasteiger partial charge >= 0.3 is 5.97 Å². The van der Waals surface area contributed by atoms with Gasteiger partial charge in [0.25, 0.3) is 0 Å². The molecule has 0 aromatic heterocycles. The third-order valence-electron chi connectivity index (χ3n) is 3.35. The molecule has 0 bridgehead atoms. The molecule has 0 saturated carbocycles. The van der Waals surface area contributed by atoms with Gasteiger partial charge in [0.15, 0.2) is 12.4 Å². The van der Waals surface area contributed by atoms with E-state index in [0.717, 1.165) is 5.56 Å². The molecule has 3 rings (SSSR count). The Kier molecular flexibility index (Phi) is 2.89. The second-order valence-corrected chi connectivity index (χ2v) is 4.58. The minimum Gasteiger partial charge on any atom is -0.456 e. The lowest BCUT2D eigenvalue weighted by molar-refractivity contribution is -0.159. The van der Waals surface area contributed by atoms with Gasteiger partial charge in [-0.2, -0.15) is 0 Å². The molecule has 0 spiro atoms. The van der Waals surface area contributed by atoms with E-state index in [2.05, 4.69) is 0 Å². The number of ether oxygens (including phenoxy) is 2. The van der Waals surface area contributed by atoms with Crippen molar-refractivity contribution in [3.05, 3.63) is 42.0 Å². The highest BCUT2D eigenvalue weighted by atomic mass is 16.7. The van der Waals surface area contributed by atoms with Gasteiger partial charge in [0.1, 0.15) is 6.10 Å². The van der Waals surface area contributed by atoms with Crippen LogP contribution < -0.4 is 0 Å². The Balaban J connectivity index is 1.74. The second kappa shape index (κ2) is 4.55. The number of carbonyl (C=O) groups excluding carboxylic acids is 1. The fraction of sp³-hybridized carbons (Fsp3) is 0.357. The van der Waals surface area contributed by atoms with Gasteiger partial charge in [-0.25, -0.2) is 4.79 Å². The van der Waals surface area contributed by atoms with Crippen LogP contribution in [0.4, 0.5) is 0 Å². The van der Waals surface area contributed by atoms with Gasteiger partial charge in [-0.3, -0.25) is 0 Å². The van der Waals surface area contributed by atoms with Crippen molar-refractivity contribution < 1.29 is 19.4 Å². The number of cyclic esters (lactones) is 1. The maximum absolute atomic E-state index is 11.5. The summed E-state index contributed by atoms with van der Waals surface area (Å²) >= 11 is 0. The molecule has 0 amide bonds. The van der Waals surface area contributed by atoms with E-state index in [0.29, 0.717) is 6.42 Å². The predicted octanol–water partition coefficient (Wildman–Crippen LogP) is 1.35. The van der Waals surface area contributed by atoms with Crippen LogP contribution in [0.5, 0.6) is 0 Å². The van der Waals surface area contributed by atoms with Crippen molar-refractivity contribution in [3.8, 4) is 0 Å². The van der Waals surface area contributed by atoms with Gasteiger partial charge < -0.3 is 14.6 Å². The highest BCUT2D eigenvalue weighted by Crippen LogP contribution is 2.36. The maximum Gasteiger partial charge on any atom is 0.336 e. The molecular weight excluding hydrogens is 232 g/mol. The van der Waals surface area contributed by atoms with E-state index in [9.17, 15) is 9.90 Å². The molecule has 2 heterocycles. The predicted molar refractivity (Wildman–Crippen MR) is 64.3 cm³/mol. The van der Waals surface area contributed by atoms with E-state index in [-0.39, 0.29) is 18.0 Å². The Morgan fingerprint density at radius 2 is 2.06 bits per heavy atom. The number of esters is 1. The van der Waals surface area contributed by atoms with E-state index in [1.54, 1.807) is 0 Å². The number of fused-ring (bicyclic) bond motifs is 1. The Morgan fingerprint density at radius 3 is 2.83 bits per heavy atom. The third kappa shape index (κ3) is 2.05. The summed E-state index contributed by atoms with van der Waals surface area (Å²) in [6.07, 6.45) is 2.47. The monoisotopic (exact) mass is 246 g/mol. The average molecular weight is 246 g/mol. The van der Waals surface area contributed by atoms with Gasteiger partial charge in [-0.1, -0.05) is 36.4 Å². The van der Waals surface area contributed by atoms with Crippen LogP contribution in [0.3, 0.4) is 0 Å². The van der Waals surface area contributed by atoms with Crippen LogP contribution in [0.15, 0.2) is 36.4 Å². The standard InChI is InChI=1S/C14H14O4/c15-12-8-10-11(17-14(16)13(10)18-12)7-6-9-4-2-1-3-5-9/h1-7,10-13,15H,8H2/b7-6+/t10-,11+,12?,13-/m0/s1. The summed E-state index contributed by atoms with van der Waals surface area (Å²) in [7, 11) is 0. The average Bonchev–Trinajstić information content (AvgIpc) is 2.88. The van der Waals surface area contributed by atoms with Crippen LogP contribution in [0.1, 0.15) is 12.0 Å². The first-order chi connectivity index (χ1) is 8.74. The molecule has 94 valence electrons. The van der Waals surface area contributed by atoms with Gasteiger partial charge in [-0.05, 0) is 11.6 Å². The number of hydrogen-bond donors (Lipinski definition) is 1. The Hall–Kier alpha value is -1.65. The van der Waals surface area contributed by atoms with Gasteiger partial charge in [0.2, 0.25) is 0 Å². The third-order valence-corrected chi connectivity index (χ3v) is 3.35. The van der Waals surface area contributed by atoms with Crippen molar-refractivity contribution in [2.75, 3.05) is 0 Å². The molecular formula is C14H14O4. The Bertz CT molecular complexity index is 468. The number of hydrogen-bond acceptors (Lipinski definition) is 4. The molecule has 2 saturated heterocycles. The van der Waals surface area contributed by atoms with E-state index < -0.39 is 12.4 Å². The van der Waals surface area contributed by atoms with Crippen molar-refractivity contribution in [1.82, 2.24) is 0 Å². The molecule has 4 nitrogen and oxygen atoms in total. The normalized spacial score (nSPS) is 34.8. The van der Waals surface area contributed by atoms with E-state index in [1.807, 2.05) is 42.5 Å². The minimum absolute atomic E-state index is 0.0764. The summed E-state index contributed by atoms with van der Waals surface area (Å²) in [6, 6.07) is 9.80.